The Morgan fingerprint density at radius 2 is 0.889 bits per heavy atom. The Morgan fingerprint density at radius 1 is 0.500 bits per heavy atom. The molecule has 0 saturated carbocycles. The van der Waals surface area contributed by atoms with E-state index in [-0.39, 0.29) is 65.9 Å². The molecule has 0 fully saturated rings. The van der Waals surface area contributed by atoms with Crippen molar-refractivity contribution in [3.63, 3.8) is 0 Å². The zero-order valence-corrected chi connectivity index (χ0v) is 29.8. The van der Waals surface area contributed by atoms with E-state index in [1.54, 1.807) is 38.1 Å². The number of aryl methyl sites for hydroxylation is 2. The molecule has 54 heavy (non-hydrogen) atoms. The molecule has 0 radical (unpaired) electrons. The van der Waals surface area contributed by atoms with Crippen molar-refractivity contribution in [1.29, 1.82) is 0 Å². The van der Waals surface area contributed by atoms with Crippen LogP contribution in [0.25, 0.3) is 21.5 Å². The molecule has 0 aliphatic rings. The minimum atomic E-state index is -4.51. The molecule has 0 aromatic heterocycles. The quantitative estimate of drug-likeness (QED) is 0.0760. The predicted molar refractivity (Wildman–Crippen MR) is 202 cm³/mol. The van der Waals surface area contributed by atoms with E-state index in [4.69, 9.17) is 0 Å². The Bertz CT molecular complexity index is 2600. The van der Waals surface area contributed by atoms with Crippen molar-refractivity contribution in [2.24, 2.45) is 0 Å². The number of hydrogen-bond acceptors (Lipinski definition) is 9. The molecule has 0 atom stereocenters. The number of rotatable bonds is 8. The van der Waals surface area contributed by atoms with E-state index < -0.39 is 38.1 Å². The smallest absolute Gasteiger partial charge is 0.323 e. The van der Waals surface area contributed by atoms with Gasteiger partial charge in [-0.15, -0.1) is 0 Å². The van der Waals surface area contributed by atoms with Crippen LogP contribution in [0.2, 0.25) is 0 Å². The molecule has 0 heterocycles. The van der Waals surface area contributed by atoms with Gasteiger partial charge in [-0.25, -0.2) is 4.79 Å². The summed E-state index contributed by atoms with van der Waals surface area (Å²) in [7, 11) is -9.03. The Hall–Kier alpha value is -6.53. The van der Waals surface area contributed by atoms with E-state index in [1.807, 2.05) is 0 Å². The number of anilines is 4. The van der Waals surface area contributed by atoms with E-state index in [0.29, 0.717) is 21.9 Å². The van der Waals surface area contributed by atoms with Crippen LogP contribution in [0.15, 0.2) is 107 Å². The fourth-order valence-corrected chi connectivity index (χ4v) is 6.79. The number of carbonyl (C=O) groups is 3. The Kier molecular flexibility index (Phi) is 9.74. The topological polar surface area (TPSA) is 249 Å². The molecule has 0 bridgehead atoms. The number of phenolic OH excluding ortho intramolecular Hbond substituents is 2. The first-order valence-electron chi connectivity index (χ1n) is 15.8. The van der Waals surface area contributed by atoms with Gasteiger partial charge in [0.1, 0.15) is 11.5 Å². The van der Waals surface area contributed by atoms with Crippen molar-refractivity contribution >= 4 is 82.4 Å². The number of amides is 4. The zero-order valence-electron chi connectivity index (χ0n) is 28.2. The van der Waals surface area contributed by atoms with E-state index in [1.165, 1.54) is 48.5 Å². The number of benzene rings is 6. The molecule has 6 aromatic rings. The predicted octanol–water partition coefficient (Wildman–Crippen LogP) is 6.66. The standard InChI is InChI=1S/C37H30N4O11S2/c1-19-3-5-23(15-31(19)35(44)40-33-17-25(42)11-21-13-27(53(47,48)49)7-9-29(21)33)38-37(46)39-24-6-4-20(2)32(16-24)36(45)41-34-18-26(43)12-22-14-28(54(50,51)52)8-10-30(22)34/h3-18,42-43H,1-2H3,(H,40,44)(H,41,45)(H2,38,39,46)(H,47,48,49)(H,50,51,52). The van der Waals surface area contributed by atoms with Gasteiger partial charge in [-0.05, 0) is 96.4 Å². The number of urea groups is 1. The first-order valence-corrected chi connectivity index (χ1v) is 18.6. The van der Waals surface area contributed by atoms with Crippen LogP contribution < -0.4 is 21.3 Å². The molecule has 8 N–H and O–H groups in total. The van der Waals surface area contributed by atoms with Crippen molar-refractivity contribution in [2.75, 3.05) is 21.3 Å². The number of fused-ring (bicyclic) bond motifs is 2. The lowest BCUT2D eigenvalue weighted by atomic mass is 10.1. The molecular formula is C37H30N4O11S2. The maximum Gasteiger partial charge on any atom is 0.323 e. The highest BCUT2D eigenvalue weighted by Gasteiger charge is 2.18. The average molecular weight is 771 g/mol. The third-order valence-electron chi connectivity index (χ3n) is 8.39. The number of phenols is 2. The molecule has 6 rings (SSSR count). The highest BCUT2D eigenvalue weighted by atomic mass is 32.2. The van der Waals surface area contributed by atoms with Gasteiger partial charge in [0, 0.05) is 45.4 Å². The van der Waals surface area contributed by atoms with Crippen LogP contribution in [0.1, 0.15) is 31.8 Å². The highest BCUT2D eigenvalue weighted by Crippen LogP contribution is 2.33. The van der Waals surface area contributed by atoms with Gasteiger partial charge in [0.25, 0.3) is 32.1 Å². The summed E-state index contributed by atoms with van der Waals surface area (Å²) in [5.41, 5.74) is 2.22. The van der Waals surface area contributed by atoms with E-state index >= 15 is 0 Å². The number of carbonyl (C=O) groups excluding carboxylic acids is 3. The van der Waals surface area contributed by atoms with Gasteiger partial charge in [0.15, 0.2) is 0 Å². The summed E-state index contributed by atoms with van der Waals surface area (Å²) in [5, 5.41) is 32.4. The fourth-order valence-electron chi connectivity index (χ4n) is 5.75. The summed E-state index contributed by atoms with van der Waals surface area (Å²) in [4.78, 5) is 39.1. The molecule has 0 aliphatic carbocycles. The van der Waals surface area contributed by atoms with Crippen LogP contribution in [-0.2, 0) is 20.2 Å². The molecule has 17 heteroatoms. The SMILES string of the molecule is Cc1ccc(NC(=O)Nc2ccc(C)c(C(=O)Nc3cc(O)cc4cc(S(=O)(=O)O)ccc34)c2)cc1C(=O)Nc1cc(O)cc2cc(S(=O)(=O)O)ccc12. The van der Waals surface area contributed by atoms with Crippen LogP contribution in [-0.4, -0.2) is 54.0 Å². The number of hydrogen-bond donors (Lipinski definition) is 8. The Balaban J connectivity index is 1.17. The molecule has 0 aliphatic heterocycles. The lowest BCUT2D eigenvalue weighted by Gasteiger charge is -2.14. The van der Waals surface area contributed by atoms with Crippen LogP contribution in [0.3, 0.4) is 0 Å². The minimum absolute atomic E-state index is 0.162. The summed E-state index contributed by atoms with van der Waals surface area (Å²) in [6.45, 7) is 3.35. The first-order chi connectivity index (χ1) is 25.3. The minimum Gasteiger partial charge on any atom is -0.508 e. The summed E-state index contributed by atoms with van der Waals surface area (Å²) < 4.78 is 65.2. The van der Waals surface area contributed by atoms with Gasteiger partial charge in [-0.3, -0.25) is 18.7 Å². The van der Waals surface area contributed by atoms with Gasteiger partial charge < -0.3 is 31.5 Å². The summed E-state index contributed by atoms with van der Waals surface area (Å²) in [5.74, 6) is -1.74. The lowest BCUT2D eigenvalue weighted by molar-refractivity contribution is 0.101. The molecule has 6 aromatic carbocycles. The van der Waals surface area contributed by atoms with Crippen LogP contribution in [0, 0.1) is 13.8 Å². The summed E-state index contributed by atoms with van der Waals surface area (Å²) >= 11 is 0. The van der Waals surface area contributed by atoms with Gasteiger partial charge >= 0.3 is 6.03 Å². The molecule has 0 unspecified atom stereocenters. The fraction of sp³-hybridized carbons (Fsp3) is 0.0541. The molecule has 0 saturated heterocycles. The van der Waals surface area contributed by atoms with E-state index in [2.05, 4.69) is 21.3 Å². The Morgan fingerprint density at radius 3 is 1.26 bits per heavy atom. The molecule has 4 amide bonds. The Labute approximate surface area is 307 Å². The monoisotopic (exact) mass is 770 g/mol. The molecule has 0 spiro atoms. The number of nitrogens with one attached hydrogen (secondary N) is 4. The number of aromatic hydroxyl groups is 2. The third-order valence-corrected chi connectivity index (χ3v) is 10.1. The molecule has 15 nitrogen and oxygen atoms in total. The maximum absolute atomic E-state index is 13.4. The van der Waals surface area contributed by atoms with Crippen molar-refractivity contribution in [1.82, 2.24) is 0 Å². The lowest BCUT2D eigenvalue weighted by Crippen LogP contribution is -2.21. The van der Waals surface area contributed by atoms with Crippen molar-refractivity contribution in [2.45, 2.75) is 23.6 Å². The second kappa shape index (κ2) is 14.1. The van der Waals surface area contributed by atoms with E-state index in [0.717, 1.165) is 24.3 Å². The molecule has 276 valence electrons. The van der Waals surface area contributed by atoms with Crippen LogP contribution in [0.5, 0.6) is 11.5 Å². The largest absolute Gasteiger partial charge is 0.508 e. The highest BCUT2D eigenvalue weighted by molar-refractivity contribution is 7.86. The average Bonchev–Trinajstić information content (AvgIpc) is 3.08. The third kappa shape index (κ3) is 8.08. The summed E-state index contributed by atoms with van der Waals surface area (Å²) in [6, 6.07) is 21.0. The van der Waals surface area contributed by atoms with Crippen LogP contribution in [0.4, 0.5) is 27.5 Å². The zero-order chi connectivity index (χ0) is 39.1. The second-order valence-electron chi connectivity index (χ2n) is 12.2. The van der Waals surface area contributed by atoms with Gasteiger partial charge in [0.2, 0.25) is 0 Å². The van der Waals surface area contributed by atoms with Gasteiger partial charge in [-0.1, -0.05) is 24.3 Å². The first kappa shape index (κ1) is 37.2. The maximum atomic E-state index is 13.4. The van der Waals surface area contributed by atoms with Crippen molar-refractivity contribution in [3.8, 4) is 11.5 Å². The molecular weight excluding hydrogens is 741 g/mol. The summed E-state index contributed by atoms with van der Waals surface area (Å²) in [6.07, 6.45) is 0. The van der Waals surface area contributed by atoms with Crippen molar-refractivity contribution < 1.29 is 50.5 Å². The van der Waals surface area contributed by atoms with Crippen LogP contribution >= 0.6 is 0 Å². The second-order valence-corrected chi connectivity index (χ2v) is 15.1. The normalized spacial score (nSPS) is 11.6. The van der Waals surface area contributed by atoms with Crippen molar-refractivity contribution in [3.05, 3.63) is 119 Å². The van der Waals surface area contributed by atoms with E-state index in [9.17, 15) is 50.5 Å². The van der Waals surface area contributed by atoms with Gasteiger partial charge in [0.05, 0.1) is 21.2 Å². The van der Waals surface area contributed by atoms with Gasteiger partial charge in [-0.2, -0.15) is 16.8 Å².